The number of amides is 2. The number of aryl methyl sites for hydroxylation is 1. The molecule has 172 valence electrons. The summed E-state index contributed by atoms with van der Waals surface area (Å²) >= 11 is 1.39. The maximum atomic E-state index is 12.9. The van der Waals surface area contributed by atoms with E-state index in [-0.39, 0.29) is 18.5 Å². The Hall–Kier alpha value is -3.87. The SMILES string of the molecule is C#CCNC(=O)n1c(C)cc2cc(Nc3ccnc4cc(C(=O)N5CC[C@@H](O)C5)sc34)ccc21. The van der Waals surface area contributed by atoms with E-state index < -0.39 is 6.10 Å². The highest BCUT2D eigenvalue weighted by atomic mass is 32.1. The number of nitrogens with one attached hydrogen (secondary N) is 2. The third kappa shape index (κ3) is 3.98. The number of hydrogen-bond acceptors (Lipinski definition) is 6. The maximum absolute atomic E-state index is 12.9. The Morgan fingerprint density at radius 2 is 2.15 bits per heavy atom. The molecule has 8 nitrogen and oxygen atoms in total. The topological polar surface area (TPSA) is 99.5 Å². The Morgan fingerprint density at radius 3 is 2.91 bits per heavy atom. The van der Waals surface area contributed by atoms with Crippen molar-refractivity contribution >= 4 is 55.8 Å². The third-order valence-electron chi connectivity index (χ3n) is 5.88. The van der Waals surface area contributed by atoms with Crippen molar-refractivity contribution in [1.29, 1.82) is 0 Å². The van der Waals surface area contributed by atoms with Crippen molar-refractivity contribution in [1.82, 2.24) is 19.8 Å². The number of rotatable bonds is 4. The zero-order valence-corrected chi connectivity index (χ0v) is 19.4. The number of terminal acetylenes is 1. The van der Waals surface area contributed by atoms with Crippen LogP contribution in [-0.2, 0) is 0 Å². The van der Waals surface area contributed by atoms with Crippen molar-refractivity contribution in [2.45, 2.75) is 19.4 Å². The van der Waals surface area contributed by atoms with E-state index in [1.807, 2.05) is 37.3 Å². The molecule has 1 aliphatic rings. The van der Waals surface area contributed by atoms with Crippen LogP contribution in [0.1, 0.15) is 21.8 Å². The van der Waals surface area contributed by atoms with E-state index in [9.17, 15) is 14.7 Å². The van der Waals surface area contributed by atoms with E-state index in [0.717, 1.165) is 38.2 Å². The molecule has 2 amide bonds. The molecule has 1 aromatic carbocycles. The van der Waals surface area contributed by atoms with Gasteiger partial charge >= 0.3 is 6.03 Å². The summed E-state index contributed by atoms with van der Waals surface area (Å²) in [4.78, 5) is 32.1. The van der Waals surface area contributed by atoms with Gasteiger partial charge in [0.25, 0.3) is 5.91 Å². The second-order valence-electron chi connectivity index (χ2n) is 8.26. The summed E-state index contributed by atoms with van der Waals surface area (Å²) in [6.07, 6.45) is 7.12. The molecule has 0 radical (unpaired) electrons. The van der Waals surface area contributed by atoms with Crippen LogP contribution >= 0.6 is 11.3 Å². The number of carbonyl (C=O) groups excluding carboxylic acids is 2. The molecule has 1 saturated heterocycles. The summed E-state index contributed by atoms with van der Waals surface area (Å²) < 4.78 is 2.49. The number of aromatic nitrogens is 2. The molecule has 9 heteroatoms. The molecular formula is C25H23N5O3S. The van der Waals surface area contributed by atoms with Crippen LogP contribution in [0.5, 0.6) is 0 Å². The normalized spacial score (nSPS) is 15.6. The van der Waals surface area contributed by atoms with Crippen LogP contribution < -0.4 is 10.6 Å². The highest BCUT2D eigenvalue weighted by molar-refractivity contribution is 7.21. The molecule has 3 N–H and O–H groups in total. The second-order valence-corrected chi connectivity index (χ2v) is 9.31. The fourth-order valence-corrected chi connectivity index (χ4v) is 5.34. The van der Waals surface area contributed by atoms with Crippen LogP contribution in [0.4, 0.5) is 16.2 Å². The maximum Gasteiger partial charge on any atom is 0.327 e. The van der Waals surface area contributed by atoms with Gasteiger partial charge in [-0.1, -0.05) is 5.92 Å². The molecule has 1 atom stereocenters. The van der Waals surface area contributed by atoms with Crippen LogP contribution in [0.15, 0.2) is 42.6 Å². The van der Waals surface area contributed by atoms with E-state index >= 15 is 0 Å². The molecule has 4 aromatic rings. The summed E-state index contributed by atoms with van der Waals surface area (Å²) in [5.41, 5.74) is 4.03. The molecule has 1 aliphatic heterocycles. The minimum atomic E-state index is -0.453. The number of anilines is 2. The number of hydrogen-bond donors (Lipinski definition) is 3. The summed E-state index contributed by atoms with van der Waals surface area (Å²) in [6.45, 7) is 2.97. The summed E-state index contributed by atoms with van der Waals surface area (Å²) in [5, 5.41) is 16.8. The number of fused-ring (bicyclic) bond motifs is 2. The molecular weight excluding hydrogens is 450 g/mol. The first kappa shape index (κ1) is 21.9. The first-order valence-electron chi connectivity index (χ1n) is 10.9. The fraction of sp³-hybridized carbons (Fsp3) is 0.240. The van der Waals surface area contributed by atoms with Crippen LogP contribution in [0.2, 0.25) is 0 Å². The van der Waals surface area contributed by atoms with Crippen molar-refractivity contribution < 1.29 is 14.7 Å². The summed E-state index contributed by atoms with van der Waals surface area (Å²) in [6, 6.07) is 11.1. The van der Waals surface area contributed by atoms with Gasteiger partial charge < -0.3 is 20.6 Å². The van der Waals surface area contributed by atoms with Crippen molar-refractivity contribution in [2.24, 2.45) is 0 Å². The van der Waals surface area contributed by atoms with Gasteiger partial charge in [0.15, 0.2) is 0 Å². The number of benzene rings is 1. The number of aliphatic hydroxyl groups excluding tert-OH is 1. The molecule has 0 saturated carbocycles. The van der Waals surface area contributed by atoms with Gasteiger partial charge in [0, 0.05) is 36.1 Å². The predicted molar refractivity (Wildman–Crippen MR) is 134 cm³/mol. The second kappa shape index (κ2) is 8.82. The van der Waals surface area contributed by atoms with Gasteiger partial charge in [-0.25, -0.2) is 4.79 Å². The average Bonchev–Trinajstić information content (AvgIpc) is 3.53. The molecule has 3 aromatic heterocycles. The quantitative estimate of drug-likeness (QED) is 0.393. The highest BCUT2D eigenvalue weighted by Gasteiger charge is 2.27. The van der Waals surface area contributed by atoms with Crippen molar-refractivity contribution in [3.63, 3.8) is 0 Å². The molecule has 0 spiro atoms. The molecule has 4 heterocycles. The zero-order valence-electron chi connectivity index (χ0n) is 18.5. The molecule has 0 aliphatic carbocycles. The molecule has 0 bridgehead atoms. The van der Waals surface area contributed by atoms with Gasteiger partial charge in [0.05, 0.1) is 38.9 Å². The number of carbonyl (C=O) groups is 2. The first-order valence-corrected chi connectivity index (χ1v) is 11.7. The van der Waals surface area contributed by atoms with Crippen molar-refractivity contribution in [3.05, 3.63) is 53.2 Å². The van der Waals surface area contributed by atoms with Crippen LogP contribution in [0.25, 0.3) is 21.1 Å². The standard InChI is InChI=1S/C25H23N5O3S/c1-3-8-27-25(33)30-15(2)11-16-12-17(4-5-21(16)30)28-19-6-9-26-20-13-22(34-23(19)20)24(32)29-10-7-18(31)14-29/h1,4-6,9,11-13,18,31H,7-8,10,14H2,2H3,(H,26,28)(H,27,33)/t18-/m1/s1. The van der Waals surface area contributed by atoms with Crippen LogP contribution in [0, 0.1) is 19.3 Å². The molecule has 0 unspecified atom stereocenters. The summed E-state index contributed by atoms with van der Waals surface area (Å²) in [7, 11) is 0. The zero-order chi connectivity index (χ0) is 23.8. The monoisotopic (exact) mass is 473 g/mol. The van der Waals surface area contributed by atoms with E-state index in [1.165, 1.54) is 11.3 Å². The van der Waals surface area contributed by atoms with Crippen molar-refractivity contribution in [2.75, 3.05) is 25.0 Å². The average molecular weight is 474 g/mol. The van der Waals surface area contributed by atoms with E-state index in [1.54, 1.807) is 21.7 Å². The minimum absolute atomic E-state index is 0.0770. The highest BCUT2D eigenvalue weighted by Crippen LogP contribution is 2.34. The van der Waals surface area contributed by atoms with Gasteiger partial charge in [-0.3, -0.25) is 14.3 Å². The largest absolute Gasteiger partial charge is 0.391 e. The van der Waals surface area contributed by atoms with E-state index in [4.69, 9.17) is 6.42 Å². The Bertz CT molecular complexity index is 1460. The van der Waals surface area contributed by atoms with Crippen LogP contribution in [-0.4, -0.2) is 57.2 Å². The lowest BCUT2D eigenvalue weighted by Gasteiger charge is -2.13. The van der Waals surface area contributed by atoms with Crippen molar-refractivity contribution in [3.8, 4) is 12.3 Å². The van der Waals surface area contributed by atoms with E-state index in [2.05, 4.69) is 21.5 Å². The van der Waals surface area contributed by atoms with Gasteiger partial charge in [0.1, 0.15) is 0 Å². The Labute approximate surface area is 200 Å². The van der Waals surface area contributed by atoms with Gasteiger partial charge in [0.2, 0.25) is 0 Å². The third-order valence-corrected chi connectivity index (χ3v) is 7.03. The van der Waals surface area contributed by atoms with E-state index in [0.29, 0.717) is 24.4 Å². The fourth-order valence-electron chi connectivity index (χ4n) is 4.29. The minimum Gasteiger partial charge on any atom is -0.391 e. The number of aliphatic hydroxyl groups is 1. The molecule has 5 rings (SSSR count). The smallest absolute Gasteiger partial charge is 0.327 e. The Morgan fingerprint density at radius 1 is 1.29 bits per heavy atom. The van der Waals surface area contributed by atoms with Gasteiger partial charge in [-0.2, -0.15) is 0 Å². The lowest BCUT2D eigenvalue weighted by atomic mass is 10.2. The van der Waals surface area contributed by atoms with Gasteiger partial charge in [-0.05, 0) is 49.7 Å². The number of thiophene rings is 1. The number of β-amino-alcohol motifs (C(OH)–C–C–N with tert-alkyl or cyclic N) is 1. The molecule has 1 fully saturated rings. The number of pyridine rings is 1. The first-order chi connectivity index (χ1) is 16.4. The lowest BCUT2D eigenvalue weighted by molar-refractivity contribution is 0.0769. The lowest BCUT2D eigenvalue weighted by Crippen LogP contribution is -2.29. The Balaban J connectivity index is 1.43. The molecule has 34 heavy (non-hydrogen) atoms. The predicted octanol–water partition coefficient (Wildman–Crippen LogP) is 3.70. The van der Waals surface area contributed by atoms with Crippen LogP contribution in [0.3, 0.4) is 0 Å². The van der Waals surface area contributed by atoms with Gasteiger partial charge in [-0.15, -0.1) is 17.8 Å². The Kier molecular flexibility index (Phi) is 5.69. The number of nitrogens with zero attached hydrogens (tertiary/aromatic N) is 3. The number of likely N-dealkylation sites (tertiary alicyclic amines) is 1. The summed E-state index contributed by atoms with van der Waals surface area (Å²) in [5.74, 6) is 2.33.